The molecule has 7 heteroatoms. The molecule has 0 atom stereocenters. The topological polar surface area (TPSA) is 60.7 Å². The zero-order chi connectivity index (χ0) is 12.4. The minimum atomic E-state index is -0.482. The molecule has 5 nitrogen and oxygen atoms in total. The first-order chi connectivity index (χ1) is 8.06. The number of aryl methyl sites for hydroxylation is 1. The van der Waals surface area contributed by atoms with Gasteiger partial charge in [-0.3, -0.25) is 4.79 Å². The lowest BCUT2D eigenvalue weighted by atomic mass is 10.1. The Labute approximate surface area is 101 Å². The number of benzene rings is 1. The highest BCUT2D eigenvalue weighted by molar-refractivity contribution is 6.34. The molecule has 0 aliphatic rings. The standard InChI is InChI=1S/C10H8ClFN4O/c1-16-14-10(13-15-16)5-9(17)7-3-2-6(12)4-8(7)11/h2-4H,5H2,1H3. The average Bonchev–Trinajstić information content (AvgIpc) is 2.63. The smallest absolute Gasteiger partial charge is 0.182 e. The van der Waals surface area contributed by atoms with E-state index in [1.807, 2.05) is 0 Å². The highest BCUT2D eigenvalue weighted by Crippen LogP contribution is 2.18. The van der Waals surface area contributed by atoms with Gasteiger partial charge in [0, 0.05) is 5.56 Å². The van der Waals surface area contributed by atoms with Crippen molar-refractivity contribution in [1.82, 2.24) is 20.2 Å². The lowest BCUT2D eigenvalue weighted by Gasteiger charge is -2.01. The number of hydrogen-bond acceptors (Lipinski definition) is 4. The summed E-state index contributed by atoms with van der Waals surface area (Å²) in [4.78, 5) is 13.1. The number of aromatic nitrogens is 4. The molecule has 0 aliphatic carbocycles. The van der Waals surface area contributed by atoms with E-state index in [4.69, 9.17) is 11.6 Å². The van der Waals surface area contributed by atoms with Crippen LogP contribution in [0, 0.1) is 5.82 Å². The maximum absolute atomic E-state index is 12.8. The number of ketones is 1. The lowest BCUT2D eigenvalue weighted by Crippen LogP contribution is -2.06. The molecule has 0 bridgehead atoms. The Balaban J connectivity index is 2.20. The summed E-state index contributed by atoms with van der Waals surface area (Å²) in [5.41, 5.74) is 0.250. The van der Waals surface area contributed by atoms with Crippen LogP contribution in [0.5, 0.6) is 0 Å². The van der Waals surface area contributed by atoms with Crippen molar-refractivity contribution in [1.29, 1.82) is 0 Å². The normalized spacial score (nSPS) is 10.5. The molecule has 0 saturated carbocycles. The summed E-state index contributed by atoms with van der Waals surface area (Å²) in [7, 11) is 1.60. The minimum absolute atomic E-state index is 0.0147. The highest BCUT2D eigenvalue weighted by Gasteiger charge is 2.14. The van der Waals surface area contributed by atoms with Crippen LogP contribution in [0.1, 0.15) is 16.2 Å². The van der Waals surface area contributed by atoms with Gasteiger partial charge >= 0.3 is 0 Å². The number of carbonyl (C=O) groups is 1. The molecule has 1 heterocycles. The Bertz CT molecular complexity index is 569. The molecular formula is C10H8ClFN4O. The molecule has 0 spiro atoms. The van der Waals surface area contributed by atoms with Crippen molar-refractivity contribution >= 4 is 17.4 Å². The van der Waals surface area contributed by atoms with Crippen molar-refractivity contribution in [2.45, 2.75) is 6.42 Å². The fourth-order valence-electron chi connectivity index (χ4n) is 1.35. The Morgan fingerprint density at radius 1 is 1.53 bits per heavy atom. The predicted octanol–water partition coefficient (Wildman–Crippen LogP) is 1.43. The van der Waals surface area contributed by atoms with Crippen molar-refractivity contribution in [3.8, 4) is 0 Å². The molecule has 0 radical (unpaired) electrons. The van der Waals surface area contributed by atoms with Gasteiger partial charge in [-0.25, -0.2) is 4.39 Å². The van der Waals surface area contributed by atoms with Crippen LogP contribution in [-0.4, -0.2) is 26.0 Å². The second kappa shape index (κ2) is 4.58. The second-order valence-corrected chi connectivity index (χ2v) is 3.83. The van der Waals surface area contributed by atoms with E-state index in [9.17, 15) is 9.18 Å². The highest BCUT2D eigenvalue weighted by atomic mass is 35.5. The number of hydrogen-bond donors (Lipinski definition) is 0. The Hall–Kier alpha value is -1.82. The third-order valence-electron chi connectivity index (χ3n) is 2.10. The maximum Gasteiger partial charge on any atom is 0.182 e. The summed E-state index contributed by atoms with van der Waals surface area (Å²) >= 11 is 5.77. The van der Waals surface area contributed by atoms with E-state index >= 15 is 0 Å². The van der Waals surface area contributed by atoms with Gasteiger partial charge in [-0.2, -0.15) is 4.80 Å². The number of carbonyl (C=O) groups excluding carboxylic acids is 1. The van der Waals surface area contributed by atoms with E-state index < -0.39 is 5.82 Å². The SMILES string of the molecule is Cn1nnc(CC(=O)c2ccc(F)cc2Cl)n1. The minimum Gasteiger partial charge on any atom is -0.294 e. The lowest BCUT2D eigenvalue weighted by molar-refractivity contribution is 0.0991. The summed E-state index contributed by atoms with van der Waals surface area (Å²) in [6, 6.07) is 3.62. The zero-order valence-electron chi connectivity index (χ0n) is 8.89. The fraction of sp³-hybridized carbons (Fsp3) is 0.200. The third-order valence-corrected chi connectivity index (χ3v) is 2.41. The molecule has 0 unspecified atom stereocenters. The van der Waals surface area contributed by atoms with Crippen LogP contribution in [-0.2, 0) is 13.5 Å². The maximum atomic E-state index is 12.8. The van der Waals surface area contributed by atoms with Crippen molar-refractivity contribution in [2.75, 3.05) is 0 Å². The van der Waals surface area contributed by atoms with E-state index in [1.54, 1.807) is 7.05 Å². The van der Waals surface area contributed by atoms with E-state index in [2.05, 4.69) is 15.4 Å². The zero-order valence-corrected chi connectivity index (χ0v) is 9.65. The number of rotatable bonds is 3. The molecule has 17 heavy (non-hydrogen) atoms. The number of Topliss-reactive ketones (excluding diaryl/α,β-unsaturated/α-hetero) is 1. The van der Waals surface area contributed by atoms with E-state index in [0.29, 0.717) is 5.82 Å². The summed E-state index contributed by atoms with van der Waals surface area (Å²) in [5.74, 6) is -0.454. The first kappa shape index (κ1) is 11.7. The molecule has 0 saturated heterocycles. The molecular weight excluding hydrogens is 247 g/mol. The fourth-order valence-corrected chi connectivity index (χ4v) is 1.62. The monoisotopic (exact) mass is 254 g/mol. The van der Waals surface area contributed by atoms with Gasteiger partial charge in [-0.05, 0) is 23.4 Å². The first-order valence-corrected chi connectivity index (χ1v) is 5.15. The molecule has 0 amide bonds. The second-order valence-electron chi connectivity index (χ2n) is 3.42. The van der Waals surface area contributed by atoms with Gasteiger partial charge in [0.25, 0.3) is 0 Å². The van der Waals surface area contributed by atoms with Crippen LogP contribution in [0.15, 0.2) is 18.2 Å². The third kappa shape index (κ3) is 2.65. The van der Waals surface area contributed by atoms with Crippen molar-refractivity contribution in [3.63, 3.8) is 0 Å². The number of halogens is 2. The molecule has 1 aromatic carbocycles. The van der Waals surface area contributed by atoms with Crippen molar-refractivity contribution < 1.29 is 9.18 Å². The Morgan fingerprint density at radius 3 is 2.88 bits per heavy atom. The van der Waals surface area contributed by atoms with Gasteiger partial charge in [0.15, 0.2) is 11.6 Å². The van der Waals surface area contributed by atoms with Gasteiger partial charge in [-0.1, -0.05) is 11.6 Å². The van der Waals surface area contributed by atoms with E-state index in [1.165, 1.54) is 16.9 Å². The van der Waals surface area contributed by atoms with Crippen LogP contribution in [0.3, 0.4) is 0 Å². The quantitative estimate of drug-likeness (QED) is 0.778. The van der Waals surface area contributed by atoms with Crippen molar-refractivity contribution in [3.05, 3.63) is 40.4 Å². The molecule has 0 fully saturated rings. The number of tetrazole rings is 1. The molecule has 88 valence electrons. The van der Waals surface area contributed by atoms with Crippen LogP contribution >= 0.6 is 11.6 Å². The summed E-state index contributed by atoms with van der Waals surface area (Å²) in [6.07, 6.45) is -0.0147. The molecule has 2 aromatic rings. The summed E-state index contributed by atoms with van der Waals surface area (Å²) < 4.78 is 12.8. The Morgan fingerprint density at radius 2 is 2.29 bits per heavy atom. The van der Waals surface area contributed by atoms with Gasteiger partial charge in [-0.15, -0.1) is 10.2 Å². The average molecular weight is 255 g/mol. The van der Waals surface area contributed by atoms with E-state index in [-0.39, 0.29) is 22.8 Å². The van der Waals surface area contributed by atoms with Gasteiger partial charge < -0.3 is 0 Å². The predicted molar refractivity (Wildman–Crippen MR) is 58.2 cm³/mol. The first-order valence-electron chi connectivity index (χ1n) is 4.77. The summed E-state index contributed by atoms with van der Waals surface area (Å²) in [6.45, 7) is 0. The van der Waals surface area contributed by atoms with Crippen molar-refractivity contribution in [2.24, 2.45) is 7.05 Å². The van der Waals surface area contributed by atoms with Gasteiger partial charge in [0.05, 0.1) is 18.5 Å². The van der Waals surface area contributed by atoms with E-state index in [0.717, 1.165) is 6.07 Å². The van der Waals surface area contributed by atoms with Crippen LogP contribution in [0.2, 0.25) is 5.02 Å². The largest absolute Gasteiger partial charge is 0.294 e. The summed E-state index contributed by atoms with van der Waals surface area (Å²) in [5, 5.41) is 11.3. The number of nitrogens with zero attached hydrogens (tertiary/aromatic N) is 4. The van der Waals surface area contributed by atoms with Crippen LogP contribution in [0.4, 0.5) is 4.39 Å². The van der Waals surface area contributed by atoms with Crippen LogP contribution < -0.4 is 0 Å². The van der Waals surface area contributed by atoms with Crippen LogP contribution in [0.25, 0.3) is 0 Å². The Kier molecular flexibility index (Phi) is 3.14. The molecule has 0 aliphatic heterocycles. The molecule has 0 N–H and O–H groups in total. The molecule has 2 rings (SSSR count). The molecule has 1 aromatic heterocycles. The van der Waals surface area contributed by atoms with Gasteiger partial charge in [0.2, 0.25) is 0 Å². The van der Waals surface area contributed by atoms with Gasteiger partial charge in [0.1, 0.15) is 5.82 Å².